The van der Waals surface area contributed by atoms with Gasteiger partial charge >= 0.3 is 5.97 Å². The van der Waals surface area contributed by atoms with Gasteiger partial charge in [0.15, 0.2) is 0 Å². The van der Waals surface area contributed by atoms with E-state index in [4.69, 9.17) is 0 Å². The number of hydrogen-bond acceptors (Lipinski definition) is 3. The summed E-state index contributed by atoms with van der Waals surface area (Å²) in [5, 5.41) is 16.3. The molecule has 132 valence electrons. The number of rotatable bonds is 7. The zero-order valence-electron chi connectivity index (χ0n) is 14.3. The Kier molecular flexibility index (Phi) is 6.11. The van der Waals surface area contributed by atoms with Crippen LogP contribution in [0.2, 0.25) is 0 Å². The van der Waals surface area contributed by atoms with Crippen molar-refractivity contribution in [2.75, 3.05) is 13.1 Å². The van der Waals surface area contributed by atoms with E-state index in [0.717, 1.165) is 10.8 Å². The summed E-state index contributed by atoms with van der Waals surface area (Å²) in [5.74, 6) is -1.42. The van der Waals surface area contributed by atoms with Crippen LogP contribution in [0, 0.1) is 5.92 Å². The predicted molar refractivity (Wildman–Crippen MR) is 95.7 cm³/mol. The lowest BCUT2D eigenvalue weighted by molar-refractivity contribution is -0.121. The highest BCUT2D eigenvalue weighted by molar-refractivity contribution is 6.08. The number of hydrogen-bond donors (Lipinski definition) is 3. The maximum atomic E-state index is 12.3. The van der Waals surface area contributed by atoms with Crippen LogP contribution in [0.5, 0.6) is 0 Å². The fraction of sp³-hybridized carbons (Fsp3) is 0.316. The SMILES string of the molecule is CC(C)CC(=O)NCCNC(=O)c1cc2ccccc2cc1C(=O)O. The maximum Gasteiger partial charge on any atom is 0.336 e. The Bertz CT molecular complexity index is 799. The Morgan fingerprint density at radius 3 is 2.08 bits per heavy atom. The van der Waals surface area contributed by atoms with Gasteiger partial charge in [-0.05, 0) is 28.8 Å². The second-order valence-electron chi connectivity index (χ2n) is 6.25. The van der Waals surface area contributed by atoms with Crippen molar-refractivity contribution in [3.05, 3.63) is 47.5 Å². The Morgan fingerprint density at radius 1 is 0.960 bits per heavy atom. The first-order valence-corrected chi connectivity index (χ1v) is 8.19. The Morgan fingerprint density at radius 2 is 1.52 bits per heavy atom. The van der Waals surface area contributed by atoms with Crippen LogP contribution in [0.25, 0.3) is 10.8 Å². The molecule has 6 heteroatoms. The highest BCUT2D eigenvalue weighted by atomic mass is 16.4. The fourth-order valence-corrected chi connectivity index (χ4v) is 2.52. The summed E-state index contributed by atoms with van der Waals surface area (Å²) in [4.78, 5) is 35.4. The van der Waals surface area contributed by atoms with Crippen LogP contribution in [0.4, 0.5) is 0 Å². The number of aromatic carboxylic acids is 1. The topological polar surface area (TPSA) is 95.5 Å². The molecule has 2 rings (SSSR count). The lowest BCUT2D eigenvalue weighted by atomic mass is 10.0. The van der Waals surface area contributed by atoms with Crippen LogP contribution in [-0.2, 0) is 4.79 Å². The van der Waals surface area contributed by atoms with Crippen LogP contribution >= 0.6 is 0 Å². The second kappa shape index (κ2) is 8.28. The molecule has 0 aliphatic carbocycles. The van der Waals surface area contributed by atoms with Crippen LogP contribution in [0.15, 0.2) is 36.4 Å². The first kappa shape index (κ1) is 18.4. The molecular formula is C19H22N2O4. The van der Waals surface area contributed by atoms with Crippen molar-refractivity contribution in [1.29, 1.82) is 0 Å². The van der Waals surface area contributed by atoms with Gasteiger partial charge in [0, 0.05) is 19.5 Å². The molecule has 3 N–H and O–H groups in total. The lowest BCUT2D eigenvalue weighted by Gasteiger charge is -2.11. The Labute approximate surface area is 146 Å². The molecule has 0 spiro atoms. The average Bonchev–Trinajstić information content (AvgIpc) is 2.56. The van der Waals surface area contributed by atoms with Gasteiger partial charge in [-0.25, -0.2) is 4.79 Å². The molecule has 2 aromatic rings. The van der Waals surface area contributed by atoms with Crippen molar-refractivity contribution in [1.82, 2.24) is 10.6 Å². The normalized spacial score (nSPS) is 10.7. The minimum atomic E-state index is -1.15. The smallest absolute Gasteiger partial charge is 0.336 e. The van der Waals surface area contributed by atoms with Gasteiger partial charge < -0.3 is 15.7 Å². The number of nitrogens with one attached hydrogen (secondary N) is 2. The molecule has 0 aliphatic rings. The number of fused-ring (bicyclic) bond motifs is 1. The molecule has 2 amide bonds. The maximum absolute atomic E-state index is 12.3. The summed E-state index contributed by atoms with van der Waals surface area (Å²) in [6.45, 7) is 4.44. The summed E-state index contributed by atoms with van der Waals surface area (Å²) in [5.41, 5.74) is 0.0692. The molecule has 0 saturated heterocycles. The van der Waals surface area contributed by atoms with Crippen LogP contribution in [0.3, 0.4) is 0 Å². The summed E-state index contributed by atoms with van der Waals surface area (Å²) >= 11 is 0. The molecule has 0 saturated carbocycles. The van der Waals surface area contributed by atoms with Crippen LogP contribution < -0.4 is 10.6 Å². The zero-order chi connectivity index (χ0) is 18.4. The molecule has 0 bridgehead atoms. The van der Waals surface area contributed by atoms with E-state index in [1.807, 2.05) is 32.0 Å². The zero-order valence-corrected chi connectivity index (χ0v) is 14.3. The van der Waals surface area contributed by atoms with Gasteiger partial charge in [0.2, 0.25) is 5.91 Å². The van der Waals surface area contributed by atoms with E-state index in [2.05, 4.69) is 10.6 Å². The lowest BCUT2D eigenvalue weighted by Crippen LogP contribution is -2.35. The molecule has 0 fully saturated rings. The number of benzene rings is 2. The van der Waals surface area contributed by atoms with Gasteiger partial charge in [-0.15, -0.1) is 0 Å². The summed E-state index contributed by atoms with van der Waals surface area (Å²) in [6, 6.07) is 10.3. The quantitative estimate of drug-likeness (QED) is 0.674. The monoisotopic (exact) mass is 342 g/mol. The van der Waals surface area contributed by atoms with Crippen LogP contribution in [-0.4, -0.2) is 36.0 Å². The van der Waals surface area contributed by atoms with Gasteiger partial charge in [0.1, 0.15) is 0 Å². The first-order chi connectivity index (χ1) is 11.9. The summed E-state index contributed by atoms with van der Waals surface area (Å²) in [6.07, 6.45) is 0.432. The van der Waals surface area contributed by atoms with E-state index in [9.17, 15) is 19.5 Å². The van der Waals surface area contributed by atoms with Crippen molar-refractivity contribution < 1.29 is 19.5 Å². The van der Waals surface area contributed by atoms with Gasteiger partial charge in [-0.3, -0.25) is 9.59 Å². The molecule has 0 radical (unpaired) electrons. The molecule has 2 aromatic carbocycles. The molecule has 0 aliphatic heterocycles. The Hall–Kier alpha value is -2.89. The van der Waals surface area contributed by atoms with E-state index < -0.39 is 11.9 Å². The third kappa shape index (κ3) is 5.04. The third-order valence-corrected chi connectivity index (χ3v) is 3.69. The van der Waals surface area contributed by atoms with Crippen molar-refractivity contribution in [3.63, 3.8) is 0 Å². The number of carboxylic acid groups (broad SMARTS) is 1. The third-order valence-electron chi connectivity index (χ3n) is 3.69. The molecule has 0 atom stereocenters. The standard InChI is InChI=1S/C19H22N2O4/c1-12(2)9-17(22)20-7-8-21-18(23)15-10-13-5-3-4-6-14(13)11-16(15)19(24)25/h3-6,10-12H,7-9H2,1-2H3,(H,20,22)(H,21,23)(H,24,25). The average molecular weight is 342 g/mol. The van der Waals surface area contributed by atoms with Crippen LogP contribution in [0.1, 0.15) is 41.0 Å². The predicted octanol–water partition coefficient (Wildman–Crippen LogP) is 2.43. The van der Waals surface area contributed by atoms with E-state index in [0.29, 0.717) is 13.0 Å². The van der Waals surface area contributed by atoms with Gasteiger partial charge in [0.25, 0.3) is 5.91 Å². The molecular weight excluding hydrogens is 320 g/mol. The molecule has 0 aromatic heterocycles. The van der Waals surface area contributed by atoms with E-state index in [1.54, 1.807) is 12.1 Å². The summed E-state index contributed by atoms with van der Waals surface area (Å²) in [7, 11) is 0. The van der Waals surface area contributed by atoms with Gasteiger partial charge in [0.05, 0.1) is 11.1 Å². The van der Waals surface area contributed by atoms with Crippen molar-refractivity contribution in [3.8, 4) is 0 Å². The van der Waals surface area contributed by atoms with Crippen molar-refractivity contribution in [2.24, 2.45) is 5.92 Å². The number of carbonyl (C=O) groups is 3. The van der Waals surface area contributed by atoms with E-state index in [1.165, 1.54) is 6.07 Å². The highest BCUT2D eigenvalue weighted by Crippen LogP contribution is 2.20. The van der Waals surface area contributed by atoms with E-state index in [-0.39, 0.29) is 29.5 Å². The van der Waals surface area contributed by atoms with Gasteiger partial charge in [-0.1, -0.05) is 38.1 Å². The number of carboxylic acids is 1. The minimum absolute atomic E-state index is 0.0416. The molecule has 0 heterocycles. The minimum Gasteiger partial charge on any atom is -0.478 e. The highest BCUT2D eigenvalue weighted by Gasteiger charge is 2.17. The number of carbonyl (C=O) groups excluding carboxylic acids is 2. The first-order valence-electron chi connectivity index (χ1n) is 8.19. The fourth-order valence-electron chi connectivity index (χ4n) is 2.52. The van der Waals surface area contributed by atoms with Gasteiger partial charge in [-0.2, -0.15) is 0 Å². The molecule has 0 unspecified atom stereocenters. The Balaban J connectivity index is 2.04. The summed E-state index contributed by atoms with van der Waals surface area (Å²) < 4.78 is 0. The molecule has 6 nitrogen and oxygen atoms in total. The van der Waals surface area contributed by atoms with E-state index >= 15 is 0 Å². The van der Waals surface area contributed by atoms with Crippen molar-refractivity contribution in [2.45, 2.75) is 20.3 Å². The van der Waals surface area contributed by atoms with Crippen molar-refractivity contribution >= 4 is 28.6 Å². The number of amides is 2. The largest absolute Gasteiger partial charge is 0.478 e. The second-order valence-corrected chi connectivity index (χ2v) is 6.25. The molecule has 25 heavy (non-hydrogen) atoms.